The molecule has 2 aliphatic heterocycles. The zero-order valence-corrected chi connectivity index (χ0v) is 23.8. The maximum atomic E-state index is 13.3. The van der Waals surface area contributed by atoms with Gasteiger partial charge >= 0.3 is 0 Å². The maximum Gasteiger partial charge on any atom is 0.261 e. The average Bonchev–Trinajstić information content (AvgIpc) is 3.48. The molecule has 4 heterocycles. The second kappa shape index (κ2) is 11.2. The minimum absolute atomic E-state index is 0.109. The minimum Gasteiger partial charge on any atom is -0.390 e. The third-order valence-electron chi connectivity index (χ3n) is 7.82. The van der Waals surface area contributed by atoms with Crippen LogP contribution < -0.4 is 10.9 Å². The van der Waals surface area contributed by atoms with Crippen molar-refractivity contribution in [3.63, 3.8) is 0 Å². The van der Waals surface area contributed by atoms with Crippen molar-refractivity contribution in [1.82, 2.24) is 24.8 Å². The number of anilines is 1. The summed E-state index contributed by atoms with van der Waals surface area (Å²) in [6.45, 7) is 3.96. The number of thioether (sulfide) groups is 1. The maximum absolute atomic E-state index is 13.3. The summed E-state index contributed by atoms with van der Waals surface area (Å²) in [5.41, 5.74) is 3.35. The predicted molar refractivity (Wildman–Crippen MR) is 160 cm³/mol. The number of likely N-dealkylation sites (tertiary alicyclic amines) is 1. The number of imide groups is 1. The van der Waals surface area contributed by atoms with E-state index in [-0.39, 0.29) is 35.5 Å². The Balaban J connectivity index is 1.21. The van der Waals surface area contributed by atoms with E-state index in [2.05, 4.69) is 25.2 Å². The second-order valence-electron chi connectivity index (χ2n) is 10.7. The average molecular weight is 573 g/mol. The van der Waals surface area contributed by atoms with Crippen molar-refractivity contribution in [3.05, 3.63) is 75.7 Å². The van der Waals surface area contributed by atoms with E-state index in [1.165, 1.54) is 11.1 Å². The van der Waals surface area contributed by atoms with Crippen molar-refractivity contribution in [2.75, 3.05) is 37.8 Å². The van der Waals surface area contributed by atoms with E-state index in [1.807, 2.05) is 38.2 Å². The monoisotopic (exact) mass is 572 g/mol. The van der Waals surface area contributed by atoms with Gasteiger partial charge in [0, 0.05) is 29.4 Å². The van der Waals surface area contributed by atoms with Crippen molar-refractivity contribution in [2.24, 2.45) is 0 Å². The van der Waals surface area contributed by atoms with Crippen molar-refractivity contribution >= 4 is 40.3 Å². The van der Waals surface area contributed by atoms with Gasteiger partial charge in [0.05, 0.1) is 34.0 Å². The van der Waals surface area contributed by atoms with Gasteiger partial charge in [0.15, 0.2) is 0 Å². The molecule has 2 aromatic carbocycles. The molecule has 4 aromatic rings. The van der Waals surface area contributed by atoms with Gasteiger partial charge in [-0.05, 0) is 69.7 Å². The molecule has 4 N–H and O–H groups in total. The number of pyridine rings is 1. The van der Waals surface area contributed by atoms with E-state index in [1.54, 1.807) is 30.0 Å². The van der Waals surface area contributed by atoms with Gasteiger partial charge in [-0.15, -0.1) is 11.8 Å². The van der Waals surface area contributed by atoms with Crippen LogP contribution in [0.2, 0.25) is 0 Å². The van der Waals surface area contributed by atoms with Crippen molar-refractivity contribution < 1.29 is 14.7 Å². The number of carbonyl (C=O) groups excluding carboxylic acids is 2. The molecule has 212 valence electrons. The lowest BCUT2D eigenvalue weighted by Crippen LogP contribution is -2.46. The molecule has 0 aliphatic carbocycles. The zero-order valence-electron chi connectivity index (χ0n) is 22.9. The fourth-order valence-electron chi connectivity index (χ4n) is 5.52. The molecule has 2 aliphatic rings. The summed E-state index contributed by atoms with van der Waals surface area (Å²) < 4.78 is 0. The van der Waals surface area contributed by atoms with Gasteiger partial charge in [0.2, 0.25) is 0 Å². The van der Waals surface area contributed by atoms with Crippen LogP contribution in [0.5, 0.6) is 0 Å². The van der Waals surface area contributed by atoms with Crippen LogP contribution in [-0.4, -0.2) is 86.3 Å². The van der Waals surface area contributed by atoms with Crippen LogP contribution in [-0.2, 0) is 0 Å². The molecule has 11 heteroatoms. The van der Waals surface area contributed by atoms with Crippen LogP contribution in [0.1, 0.15) is 39.1 Å². The quantitative estimate of drug-likeness (QED) is 0.186. The molecule has 0 spiro atoms. The summed E-state index contributed by atoms with van der Waals surface area (Å²) in [7, 11) is 2.04. The Morgan fingerprint density at radius 3 is 2.59 bits per heavy atom. The summed E-state index contributed by atoms with van der Waals surface area (Å²) in [5, 5.41) is 13.8. The summed E-state index contributed by atoms with van der Waals surface area (Å²) >= 11 is 1.58. The van der Waals surface area contributed by atoms with Crippen LogP contribution in [0, 0.1) is 6.92 Å². The first-order chi connectivity index (χ1) is 19.8. The smallest absolute Gasteiger partial charge is 0.261 e. The zero-order chi connectivity index (χ0) is 28.7. The number of piperidine rings is 1. The standard InChI is InChI=1S/C30H32N6O4S/c1-17-5-3-4-6-25(17)41-16-19(37)15-32-22-7-10-31-28(38)26(22)27-33-23-13-20-21(14-24(23)34-27)30(40)36(29(20)39)18-8-11-35(2)12-9-18/h3-7,10,13-14,18-19,37H,8-9,11-12,15-16H2,1-2H3,(H,33,34)(H2,31,32,38). The fraction of sp³-hybridized carbons (Fsp3) is 0.333. The molecule has 10 nitrogen and oxygen atoms in total. The number of nitrogens with one attached hydrogen (secondary N) is 3. The highest BCUT2D eigenvalue weighted by Gasteiger charge is 2.41. The van der Waals surface area contributed by atoms with Crippen molar-refractivity contribution in [2.45, 2.75) is 36.8 Å². The third-order valence-corrected chi connectivity index (χ3v) is 9.14. The molecule has 2 amide bonds. The molecular formula is C30H32N6O4S. The minimum atomic E-state index is -0.657. The number of fused-ring (bicyclic) bond motifs is 2. The van der Waals surface area contributed by atoms with Gasteiger partial charge in [0.1, 0.15) is 11.4 Å². The van der Waals surface area contributed by atoms with Crippen LogP contribution in [0.4, 0.5) is 5.69 Å². The van der Waals surface area contributed by atoms with E-state index in [0.29, 0.717) is 39.4 Å². The molecule has 6 rings (SSSR count). The number of H-pyrrole nitrogens is 2. The van der Waals surface area contributed by atoms with Gasteiger partial charge in [0.25, 0.3) is 17.4 Å². The molecular weight excluding hydrogens is 540 g/mol. The number of benzene rings is 2. The Labute approximate surface area is 241 Å². The predicted octanol–water partition coefficient (Wildman–Crippen LogP) is 3.48. The molecule has 1 saturated heterocycles. The number of rotatable bonds is 8. The lowest BCUT2D eigenvalue weighted by atomic mass is 10.0. The summed E-state index contributed by atoms with van der Waals surface area (Å²) in [6, 6.07) is 12.9. The summed E-state index contributed by atoms with van der Waals surface area (Å²) in [6.07, 6.45) is 2.40. The molecule has 0 radical (unpaired) electrons. The Morgan fingerprint density at radius 1 is 1.10 bits per heavy atom. The molecule has 41 heavy (non-hydrogen) atoms. The molecule has 1 atom stereocenters. The van der Waals surface area contributed by atoms with Crippen LogP contribution in [0.25, 0.3) is 22.4 Å². The Kier molecular flexibility index (Phi) is 7.41. The Bertz CT molecular complexity index is 1640. The number of imidazole rings is 1. The first-order valence-corrected chi connectivity index (χ1v) is 14.7. The number of hydrogen-bond acceptors (Lipinski definition) is 8. The third kappa shape index (κ3) is 5.28. The first-order valence-electron chi connectivity index (χ1n) is 13.7. The lowest BCUT2D eigenvalue weighted by molar-refractivity contribution is 0.0516. The van der Waals surface area contributed by atoms with Crippen molar-refractivity contribution in [3.8, 4) is 11.4 Å². The highest BCUT2D eigenvalue weighted by Crippen LogP contribution is 2.33. The number of aliphatic hydroxyl groups excluding tert-OH is 1. The highest BCUT2D eigenvalue weighted by atomic mass is 32.2. The van der Waals surface area contributed by atoms with E-state index in [4.69, 9.17) is 0 Å². The van der Waals surface area contributed by atoms with Crippen LogP contribution in [0.3, 0.4) is 0 Å². The fourth-order valence-corrected chi connectivity index (χ4v) is 6.48. The summed E-state index contributed by atoms with van der Waals surface area (Å²) in [5.74, 6) is 0.228. The SMILES string of the molecule is Cc1ccccc1SCC(O)CNc1cc[nH]c(=O)c1-c1nc2cc3c(cc2[nH]1)C(=O)N(C1CCN(C)CC1)C3=O. The van der Waals surface area contributed by atoms with Gasteiger partial charge < -0.3 is 25.3 Å². The van der Waals surface area contributed by atoms with E-state index in [9.17, 15) is 19.5 Å². The molecule has 1 fully saturated rings. The second-order valence-corrected chi connectivity index (χ2v) is 11.8. The van der Waals surface area contributed by atoms with Gasteiger partial charge in [-0.2, -0.15) is 0 Å². The number of aryl methyl sites for hydroxylation is 1. The van der Waals surface area contributed by atoms with Crippen molar-refractivity contribution in [1.29, 1.82) is 0 Å². The number of amides is 2. The normalized spacial score (nSPS) is 16.9. The number of aliphatic hydroxyl groups is 1. The molecule has 0 saturated carbocycles. The van der Waals surface area contributed by atoms with Crippen LogP contribution >= 0.6 is 11.8 Å². The van der Waals surface area contributed by atoms with Crippen LogP contribution in [0.15, 0.2) is 58.4 Å². The number of aromatic amines is 2. The number of nitrogens with zero attached hydrogens (tertiary/aromatic N) is 3. The highest BCUT2D eigenvalue weighted by molar-refractivity contribution is 7.99. The molecule has 1 unspecified atom stereocenters. The Hall–Kier alpha value is -3.93. The molecule has 0 bridgehead atoms. The number of aromatic nitrogens is 3. The first kappa shape index (κ1) is 27.3. The van der Waals surface area contributed by atoms with E-state index < -0.39 is 6.10 Å². The van der Waals surface area contributed by atoms with Gasteiger partial charge in [-0.1, -0.05) is 18.2 Å². The van der Waals surface area contributed by atoms with Gasteiger partial charge in [-0.25, -0.2) is 4.98 Å². The number of hydrogen-bond donors (Lipinski definition) is 4. The van der Waals surface area contributed by atoms with E-state index >= 15 is 0 Å². The topological polar surface area (TPSA) is 134 Å². The lowest BCUT2D eigenvalue weighted by Gasteiger charge is -2.33. The van der Waals surface area contributed by atoms with E-state index in [0.717, 1.165) is 36.4 Å². The molecule has 2 aromatic heterocycles. The Morgan fingerprint density at radius 2 is 1.83 bits per heavy atom. The number of carbonyl (C=O) groups is 2. The largest absolute Gasteiger partial charge is 0.390 e. The summed E-state index contributed by atoms with van der Waals surface area (Å²) in [4.78, 5) is 54.7. The van der Waals surface area contributed by atoms with Gasteiger partial charge in [-0.3, -0.25) is 19.3 Å².